The van der Waals surface area contributed by atoms with Crippen molar-refractivity contribution in [3.05, 3.63) is 35.4 Å². The molecule has 0 radical (unpaired) electrons. The highest BCUT2D eigenvalue weighted by molar-refractivity contribution is 7.89. The molecule has 2 bridgehead atoms. The Morgan fingerprint density at radius 3 is 2.44 bits per heavy atom. The lowest BCUT2D eigenvalue weighted by atomic mass is 9.79. The molecule has 1 aromatic carbocycles. The van der Waals surface area contributed by atoms with Gasteiger partial charge in [-0.3, -0.25) is 10.1 Å². The van der Waals surface area contributed by atoms with E-state index in [1.807, 2.05) is 0 Å². The van der Waals surface area contributed by atoms with Crippen molar-refractivity contribution in [1.29, 1.82) is 5.26 Å². The predicted molar refractivity (Wildman–Crippen MR) is 123 cm³/mol. The van der Waals surface area contributed by atoms with Gasteiger partial charge < -0.3 is 5.73 Å². The molecule has 1 saturated carbocycles. The van der Waals surface area contributed by atoms with Crippen LogP contribution in [0.5, 0.6) is 0 Å². The van der Waals surface area contributed by atoms with Gasteiger partial charge in [0, 0.05) is 18.6 Å². The Morgan fingerprint density at radius 1 is 1.25 bits per heavy atom. The normalized spacial score (nSPS) is 29.8. The number of carbonyl (C=O) groups is 1. The third-order valence-electron chi connectivity index (χ3n) is 7.93. The summed E-state index contributed by atoms with van der Waals surface area (Å²) in [5.74, 6) is 0.0876. The van der Waals surface area contributed by atoms with Gasteiger partial charge in [-0.2, -0.15) is 5.26 Å². The van der Waals surface area contributed by atoms with Crippen LogP contribution in [-0.2, 0) is 21.2 Å². The number of benzene rings is 1. The van der Waals surface area contributed by atoms with Crippen LogP contribution in [0, 0.1) is 23.2 Å². The van der Waals surface area contributed by atoms with Gasteiger partial charge >= 0.3 is 0 Å². The SMILES string of the molecule is CC(C)S(=O)(=O)N1CCC(c2ccc(C[C@H](C#N)C34CCC(C3)C(C(N)=O)N4)cc2)CC1. The third kappa shape index (κ3) is 4.18. The van der Waals surface area contributed by atoms with Gasteiger partial charge in [0.05, 0.1) is 23.3 Å². The number of primary amides is 1. The van der Waals surface area contributed by atoms with Crippen molar-refractivity contribution in [1.82, 2.24) is 9.62 Å². The van der Waals surface area contributed by atoms with E-state index in [4.69, 9.17) is 5.73 Å². The average Bonchev–Trinajstić information content (AvgIpc) is 3.38. The fourth-order valence-corrected chi connectivity index (χ4v) is 7.26. The summed E-state index contributed by atoms with van der Waals surface area (Å²) in [6, 6.07) is 10.6. The van der Waals surface area contributed by atoms with Crippen LogP contribution in [0.1, 0.15) is 63.0 Å². The Kier molecular flexibility index (Phi) is 6.36. The van der Waals surface area contributed by atoms with Crippen molar-refractivity contribution in [2.24, 2.45) is 17.6 Å². The third-order valence-corrected chi connectivity index (χ3v) is 10.2. The molecule has 174 valence electrons. The second kappa shape index (κ2) is 8.77. The molecule has 1 aliphatic carbocycles. The van der Waals surface area contributed by atoms with E-state index in [9.17, 15) is 18.5 Å². The molecule has 0 aromatic heterocycles. The molecule has 32 heavy (non-hydrogen) atoms. The first-order valence-corrected chi connectivity index (χ1v) is 13.2. The molecule has 3 N–H and O–H groups in total. The first-order valence-electron chi connectivity index (χ1n) is 11.7. The summed E-state index contributed by atoms with van der Waals surface area (Å²) < 4.78 is 26.4. The van der Waals surface area contributed by atoms with Crippen LogP contribution in [0.2, 0.25) is 0 Å². The predicted octanol–water partition coefficient (Wildman–Crippen LogP) is 2.28. The van der Waals surface area contributed by atoms with Crippen LogP contribution >= 0.6 is 0 Å². The number of nitrogens with zero attached hydrogens (tertiary/aromatic N) is 2. The van der Waals surface area contributed by atoms with Gasteiger partial charge in [0.1, 0.15) is 0 Å². The molecule has 3 aliphatic rings. The summed E-state index contributed by atoms with van der Waals surface area (Å²) in [6.45, 7) is 4.60. The van der Waals surface area contributed by atoms with E-state index >= 15 is 0 Å². The van der Waals surface area contributed by atoms with E-state index in [1.165, 1.54) is 5.56 Å². The zero-order chi connectivity index (χ0) is 23.1. The maximum atomic E-state index is 12.4. The lowest BCUT2D eigenvalue weighted by Gasteiger charge is -2.35. The van der Waals surface area contributed by atoms with Crippen LogP contribution in [0.25, 0.3) is 0 Å². The molecule has 2 heterocycles. The first-order chi connectivity index (χ1) is 15.2. The van der Waals surface area contributed by atoms with Crippen LogP contribution in [0.3, 0.4) is 0 Å². The van der Waals surface area contributed by atoms with Gasteiger partial charge in [-0.25, -0.2) is 12.7 Å². The van der Waals surface area contributed by atoms with Crippen molar-refractivity contribution in [2.45, 2.75) is 75.1 Å². The van der Waals surface area contributed by atoms with Gasteiger partial charge in [-0.05, 0) is 75.3 Å². The summed E-state index contributed by atoms with van der Waals surface area (Å²) >= 11 is 0. The van der Waals surface area contributed by atoms with E-state index in [-0.39, 0.29) is 34.6 Å². The Bertz CT molecular complexity index is 993. The first kappa shape index (κ1) is 23.2. The van der Waals surface area contributed by atoms with Crippen molar-refractivity contribution < 1.29 is 13.2 Å². The minimum absolute atomic E-state index is 0.202. The van der Waals surface area contributed by atoms with Gasteiger partial charge in [0.15, 0.2) is 0 Å². The molecule has 7 nitrogen and oxygen atoms in total. The van der Waals surface area contributed by atoms with E-state index in [0.29, 0.717) is 25.4 Å². The van der Waals surface area contributed by atoms with E-state index < -0.39 is 10.0 Å². The molecule has 1 aromatic rings. The molecular weight excluding hydrogens is 424 g/mol. The number of piperidine rings is 2. The fraction of sp³-hybridized carbons (Fsp3) is 0.667. The zero-order valence-corrected chi connectivity index (χ0v) is 19.8. The van der Waals surface area contributed by atoms with Gasteiger partial charge in [-0.1, -0.05) is 24.3 Å². The smallest absolute Gasteiger partial charge is 0.234 e. The van der Waals surface area contributed by atoms with Crippen molar-refractivity contribution in [2.75, 3.05) is 13.1 Å². The second-order valence-electron chi connectivity index (χ2n) is 10.1. The number of hydrogen-bond donors (Lipinski definition) is 2. The average molecular weight is 459 g/mol. The summed E-state index contributed by atoms with van der Waals surface area (Å²) in [5, 5.41) is 12.9. The molecule has 1 amide bonds. The Balaban J connectivity index is 1.38. The Morgan fingerprint density at radius 2 is 1.91 bits per heavy atom. The number of fused-ring (bicyclic) bond motifs is 2. The number of rotatable bonds is 7. The highest BCUT2D eigenvalue weighted by atomic mass is 32.2. The molecule has 4 atom stereocenters. The van der Waals surface area contributed by atoms with E-state index in [1.54, 1.807) is 18.2 Å². The summed E-state index contributed by atoms with van der Waals surface area (Å²) in [7, 11) is -3.18. The lowest BCUT2D eigenvalue weighted by Crippen LogP contribution is -2.54. The number of nitrogens with one attached hydrogen (secondary N) is 1. The fourth-order valence-electron chi connectivity index (χ4n) is 5.95. The second-order valence-corrected chi connectivity index (χ2v) is 12.6. The maximum absolute atomic E-state index is 12.4. The number of hydrogen-bond acceptors (Lipinski definition) is 5. The van der Waals surface area contributed by atoms with E-state index in [2.05, 4.69) is 35.7 Å². The van der Waals surface area contributed by atoms with Crippen molar-refractivity contribution in [3.63, 3.8) is 0 Å². The highest BCUT2D eigenvalue weighted by Gasteiger charge is 2.55. The minimum Gasteiger partial charge on any atom is -0.368 e. The number of amides is 1. The summed E-state index contributed by atoms with van der Waals surface area (Å²) in [4.78, 5) is 11.7. The minimum atomic E-state index is -3.18. The summed E-state index contributed by atoms with van der Waals surface area (Å²) in [5.41, 5.74) is 7.58. The van der Waals surface area contributed by atoms with Crippen LogP contribution in [-0.4, -0.2) is 48.6 Å². The summed E-state index contributed by atoms with van der Waals surface area (Å²) in [6.07, 6.45) is 5.00. The zero-order valence-electron chi connectivity index (χ0n) is 19.0. The Hall–Kier alpha value is -1.95. The monoisotopic (exact) mass is 458 g/mol. The Labute approximate surface area is 191 Å². The van der Waals surface area contributed by atoms with Crippen molar-refractivity contribution >= 4 is 15.9 Å². The van der Waals surface area contributed by atoms with Gasteiger partial charge in [0.25, 0.3) is 0 Å². The molecule has 4 rings (SSSR count). The molecule has 3 unspecified atom stereocenters. The van der Waals surface area contributed by atoms with Gasteiger partial charge in [-0.15, -0.1) is 0 Å². The maximum Gasteiger partial charge on any atom is 0.234 e. The molecule has 2 saturated heterocycles. The molecule has 3 fully saturated rings. The van der Waals surface area contributed by atoms with Gasteiger partial charge in [0.2, 0.25) is 15.9 Å². The van der Waals surface area contributed by atoms with Crippen LogP contribution in [0.4, 0.5) is 0 Å². The quantitative estimate of drug-likeness (QED) is 0.650. The largest absolute Gasteiger partial charge is 0.368 e. The van der Waals surface area contributed by atoms with Crippen LogP contribution < -0.4 is 11.1 Å². The number of sulfonamides is 1. The molecular formula is C24H34N4O3S. The highest BCUT2D eigenvalue weighted by Crippen LogP contribution is 2.48. The lowest BCUT2D eigenvalue weighted by molar-refractivity contribution is -0.121. The standard InChI is InChI=1S/C24H34N4O3S/c1-16(2)32(30,31)28-11-8-19(9-12-28)18-5-3-17(4-6-18)13-21(15-25)24-10-7-20(14-24)22(27-24)23(26)29/h3-6,16,19-22,27H,7-14H2,1-2H3,(H2,26,29)/t20?,21-,22?,24?/m1/s1. The number of carbonyl (C=O) groups excluding carboxylic acids is 1. The topological polar surface area (TPSA) is 116 Å². The number of nitrogens with two attached hydrogens (primary N) is 1. The molecule has 8 heteroatoms. The molecule has 2 aliphatic heterocycles. The molecule has 0 spiro atoms. The number of nitriles is 1. The van der Waals surface area contributed by atoms with Crippen LogP contribution in [0.15, 0.2) is 24.3 Å². The van der Waals surface area contributed by atoms with Crippen molar-refractivity contribution in [3.8, 4) is 6.07 Å². The van der Waals surface area contributed by atoms with E-state index in [0.717, 1.165) is 37.7 Å².